The van der Waals surface area contributed by atoms with Gasteiger partial charge >= 0.3 is 11.9 Å². The van der Waals surface area contributed by atoms with Gasteiger partial charge in [0.15, 0.2) is 11.5 Å². The molecule has 0 saturated heterocycles. The molecule has 0 bridgehead atoms. The van der Waals surface area contributed by atoms with Gasteiger partial charge in [0.25, 0.3) is 10.1 Å². The Morgan fingerprint density at radius 3 is 1.88 bits per heavy atom. The van der Waals surface area contributed by atoms with Gasteiger partial charge in [-0.2, -0.15) is 8.42 Å². The van der Waals surface area contributed by atoms with Gasteiger partial charge in [-0.1, -0.05) is 32.8 Å². The highest BCUT2D eigenvalue weighted by molar-refractivity contribution is 7.85. The Kier molecular flexibility index (Phi) is 10.5. The summed E-state index contributed by atoms with van der Waals surface area (Å²) in [6.07, 6.45) is 2.82. The third-order valence-corrected chi connectivity index (χ3v) is 6.39. The molecule has 0 heterocycles. The van der Waals surface area contributed by atoms with E-state index in [0.717, 1.165) is 12.8 Å². The first-order valence-electron chi connectivity index (χ1n) is 11.3. The molecule has 2 N–H and O–H groups in total. The van der Waals surface area contributed by atoms with E-state index in [1.54, 1.807) is 40.8 Å². The second kappa shape index (κ2) is 11.9. The number of rotatable bonds is 13. The lowest BCUT2D eigenvalue weighted by atomic mass is 9.88. The van der Waals surface area contributed by atoms with Gasteiger partial charge in [-0.25, -0.2) is 0 Å². The molecule has 1 aromatic rings. The SMILES string of the molecule is CCCC(C)(C)C(=O)Oc1ccc(C(CNC)CS(=O)(=O)O)cc1OC(=O)C(C)(C)CCC. The highest BCUT2D eigenvalue weighted by Gasteiger charge is 2.33. The van der Waals surface area contributed by atoms with E-state index in [-0.39, 0.29) is 18.0 Å². The molecule has 0 aliphatic carbocycles. The maximum atomic E-state index is 12.9. The summed E-state index contributed by atoms with van der Waals surface area (Å²) in [6, 6.07) is 4.61. The predicted molar refractivity (Wildman–Crippen MR) is 128 cm³/mol. The summed E-state index contributed by atoms with van der Waals surface area (Å²) >= 11 is 0. The summed E-state index contributed by atoms with van der Waals surface area (Å²) in [5.74, 6) is -1.92. The van der Waals surface area contributed by atoms with E-state index in [2.05, 4.69) is 5.32 Å². The standard InChI is InChI=1S/C24H39NO7S/c1-8-12-23(3,4)21(26)31-19-11-10-17(18(15-25-7)16-33(28,29)30)14-20(19)32-22(27)24(5,6)13-9-2/h10-11,14,18,25H,8-9,12-13,15-16H2,1-7H3,(H,28,29,30). The van der Waals surface area contributed by atoms with Crippen LogP contribution in [0.4, 0.5) is 0 Å². The normalized spacial score (nSPS) is 13.5. The fourth-order valence-corrected chi connectivity index (χ4v) is 4.47. The molecule has 1 aromatic carbocycles. The zero-order valence-corrected chi connectivity index (χ0v) is 21.7. The van der Waals surface area contributed by atoms with Crippen LogP contribution >= 0.6 is 0 Å². The van der Waals surface area contributed by atoms with E-state index in [0.29, 0.717) is 18.4 Å². The zero-order chi connectivity index (χ0) is 25.4. The molecular formula is C24H39NO7S. The number of hydrogen-bond donors (Lipinski definition) is 2. The van der Waals surface area contributed by atoms with Gasteiger partial charge in [-0.3, -0.25) is 14.1 Å². The van der Waals surface area contributed by atoms with E-state index in [9.17, 15) is 22.6 Å². The van der Waals surface area contributed by atoms with Crippen LogP contribution in [0.15, 0.2) is 18.2 Å². The van der Waals surface area contributed by atoms with Crippen molar-refractivity contribution in [3.8, 4) is 11.5 Å². The molecule has 0 fully saturated rings. The van der Waals surface area contributed by atoms with Crippen LogP contribution in [0.3, 0.4) is 0 Å². The molecule has 0 saturated carbocycles. The summed E-state index contributed by atoms with van der Waals surface area (Å²) in [7, 11) is -2.58. The van der Waals surface area contributed by atoms with E-state index < -0.39 is 44.6 Å². The van der Waals surface area contributed by atoms with E-state index >= 15 is 0 Å². The molecule has 0 aliphatic rings. The fraction of sp³-hybridized carbons (Fsp3) is 0.667. The minimum atomic E-state index is -4.25. The van der Waals surface area contributed by atoms with Gasteiger partial charge in [0, 0.05) is 12.5 Å². The van der Waals surface area contributed by atoms with Gasteiger partial charge in [0.1, 0.15) is 0 Å². The second-order valence-electron chi connectivity index (χ2n) is 9.76. The number of hydrogen-bond acceptors (Lipinski definition) is 7. The van der Waals surface area contributed by atoms with Crippen molar-refractivity contribution in [3.05, 3.63) is 23.8 Å². The molecule has 0 aromatic heterocycles. The van der Waals surface area contributed by atoms with Crippen LogP contribution < -0.4 is 14.8 Å². The zero-order valence-electron chi connectivity index (χ0n) is 20.9. The topological polar surface area (TPSA) is 119 Å². The van der Waals surface area contributed by atoms with Crippen LogP contribution in [0, 0.1) is 10.8 Å². The molecule has 0 aliphatic heterocycles. The van der Waals surface area contributed by atoms with Crippen molar-refractivity contribution in [2.24, 2.45) is 10.8 Å². The molecule has 0 spiro atoms. The van der Waals surface area contributed by atoms with Crippen molar-refractivity contribution >= 4 is 22.1 Å². The Labute approximate surface area is 198 Å². The largest absolute Gasteiger partial charge is 0.422 e. The molecule has 1 unspecified atom stereocenters. The minimum absolute atomic E-state index is 0.0405. The smallest absolute Gasteiger partial charge is 0.317 e. The van der Waals surface area contributed by atoms with Crippen LogP contribution in [-0.4, -0.2) is 44.3 Å². The van der Waals surface area contributed by atoms with E-state index in [1.165, 1.54) is 12.1 Å². The van der Waals surface area contributed by atoms with Gasteiger partial charge in [-0.05, 0) is 65.3 Å². The molecule has 1 rings (SSSR count). The average Bonchev–Trinajstić information content (AvgIpc) is 2.67. The molecule has 9 heteroatoms. The first-order chi connectivity index (χ1) is 15.2. The maximum Gasteiger partial charge on any atom is 0.317 e. The lowest BCUT2D eigenvalue weighted by molar-refractivity contribution is -0.147. The predicted octanol–water partition coefficient (Wildman–Crippen LogP) is 4.34. The summed E-state index contributed by atoms with van der Waals surface area (Å²) in [6.45, 7) is 11.3. The Balaban J connectivity index is 3.43. The molecule has 0 radical (unpaired) electrons. The maximum absolute atomic E-state index is 12.9. The third-order valence-electron chi connectivity index (χ3n) is 5.56. The highest BCUT2D eigenvalue weighted by Crippen LogP contribution is 2.36. The van der Waals surface area contributed by atoms with Gasteiger partial charge in [0.05, 0.1) is 16.6 Å². The van der Waals surface area contributed by atoms with Crippen molar-refractivity contribution in [3.63, 3.8) is 0 Å². The van der Waals surface area contributed by atoms with Crippen LogP contribution in [0.2, 0.25) is 0 Å². The quantitative estimate of drug-likeness (QED) is 0.241. The number of likely N-dealkylation sites (N-methyl/N-ethyl adjacent to an activating group) is 1. The van der Waals surface area contributed by atoms with Crippen molar-refractivity contribution in [2.45, 2.75) is 73.1 Å². The Bertz CT molecular complexity index is 923. The third kappa shape index (κ3) is 9.06. The molecule has 0 amide bonds. The first-order valence-corrected chi connectivity index (χ1v) is 13.0. The van der Waals surface area contributed by atoms with Crippen molar-refractivity contribution in [2.75, 3.05) is 19.3 Å². The summed E-state index contributed by atoms with van der Waals surface area (Å²) in [4.78, 5) is 25.7. The van der Waals surface area contributed by atoms with E-state index in [1.807, 2.05) is 13.8 Å². The van der Waals surface area contributed by atoms with Gasteiger partial charge in [0.2, 0.25) is 0 Å². The minimum Gasteiger partial charge on any atom is -0.422 e. The molecule has 188 valence electrons. The van der Waals surface area contributed by atoms with Crippen molar-refractivity contribution in [1.82, 2.24) is 5.32 Å². The van der Waals surface area contributed by atoms with Crippen LogP contribution in [-0.2, 0) is 19.7 Å². The van der Waals surface area contributed by atoms with Crippen LogP contribution in [0.25, 0.3) is 0 Å². The Morgan fingerprint density at radius 2 is 1.45 bits per heavy atom. The van der Waals surface area contributed by atoms with E-state index in [4.69, 9.17) is 9.47 Å². The Hall–Kier alpha value is -1.97. The van der Waals surface area contributed by atoms with Crippen LogP contribution in [0.5, 0.6) is 11.5 Å². The summed E-state index contributed by atoms with van der Waals surface area (Å²) in [5, 5.41) is 2.90. The average molecular weight is 486 g/mol. The molecule has 8 nitrogen and oxygen atoms in total. The number of ether oxygens (including phenoxy) is 2. The van der Waals surface area contributed by atoms with Crippen molar-refractivity contribution < 1.29 is 32.0 Å². The number of esters is 2. The molecular weight excluding hydrogens is 446 g/mol. The second-order valence-corrected chi connectivity index (χ2v) is 11.3. The lowest BCUT2D eigenvalue weighted by Gasteiger charge is -2.25. The highest BCUT2D eigenvalue weighted by atomic mass is 32.2. The van der Waals surface area contributed by atoms with Crippen molar-refractivity contribution in [1.29, 1.82) is 0 Å². The summed E-state index contributed by atoms with van der Waals surface area (Å²) < 4.78 is 43.7. The van der Waals surface area contributed by atoms with Gasteiger partial charge in [-0.15, -0.1) is 0 Å². The summed E-state index contributed by atoms with van der Waals surface area (Å²) in [5.41, 5.74) is -0.965. The number of carbonyl (C=O) groups excluding carboxylic acids is 2. The number of benzene rings is 1. The lowest BCUT2D eigenvalue weighted by Crippen LogP contribution is -2.31. The first kappa shape index (κ1) is 29.1. The number of nitrogens with one attached hydrogen (secondary N) is 1. The molecule has 33 heavy (non-hydrogen) atoms. The van der Waals surface area contributed by atoms with Gasteiger partial charge < -0.3 is 14.8 Å². The molecule has 1 atom stereocenters. The monoisotopic (exact) mass is 485 g/mol. The van der Waals surface area contributed by atoms with Crippen LogP contribution in [0.1, 0.15) is 78.7 Å². The Morgan fingerprint density at radius 1 is 0.970 bits per heavy atom. The number of carbonyl (C=O) groups is 2. The fourth-order valence-electron chi connectivity index (χ4n) is 3.65.